The molecule has 1 saturated heterocycles. The Hall–Kier alpha value is -1.66. The SMILES string of the molecule is O[C@H](c1cc(C(F)(F)F)nc2cc(S(F)(F)(F)(F)F)ccc12)[C@@H]1CCCCN1. The highest BCUT2D eigenvalue weighted by molar-refractivity contribution is 8.45. The van der Waals surface area contributed by atoms with E-state index in [1.165, 1.54) is 0 Å². The molecule has 0 spiro atoms. The summed E-state index contributed by atoms with van der Waals surface area (Å²) in [5, 5.41) is 13.2. The van der Waals surface area contributed by atoms with E-state index in [1.807, 2.05) is 0 Å². The number of benzene rings is 1. The van der Waals surface area contributed by atoms with Crippen LogP contribution in [0.3, 0.4) is 0 Å². The minimum atomic E-state index is -10.1. The largest absolute Gasteiger partial charge is 0.433 e. The maximum atomic E-state index is 13.2. The van der Waals surface area contributed by atoms with Gasteiger partial charge in [-0.05, 0) is 43.1 Å². The van der Waals surface area contributed by atoms with Crippen molar-refractivity contribution >= 4 is 21.1 Å². The van der Waals surface area contributed by atoms with Crippen molar-refractivity contribution in [1.29, 1.82) is 0 Å². The number of aromatic nitrogens is 1. The Bertz CT molecular complexity index is 907. The molecule has 12 heteroatoms. The predicted octanol–water partition coefficient (Wildman–Crippen LogP) is 6.09. The number of fused-ring (bicyclic) bond motifs is 1. The lowest BCUT2D eigenvalue weighted by atomic mass is 9.92. The maximum Gasteiger partial charge on any atom is 0.433 e. The summed E-state index contributed by atoms with van der Waals surface area (Å²) in [5.74, 6) is 0. The Morgan fingerprint density at radius 2 is 1.75 bits per heavy atom. The number of piperidine rings is 1. The fraction of sp³-hybridized carbons (Fsp3) is 0.438. The van der Waals surface area contributed by atoms with Gasteiger partial charge < -0.3 is 10.4 Å². The van der Waals surface area contributed by atoms with E-state index in [-0.39, 0.29) is 23.1 Å². The Morgan fingerprint density at radius 3 is 2.29 bits per heavy atom. The van der Waals surface area contributed by atoms with Crippen LogP contribution in [0.4, 0.5) is 32.6 Å². The molecule has 2 atom stereocenters. The maximum absolute atomic E-state index is 13.2. The lowest BCUT2D eigenvalue weighted by Gasteiger charge is -2.40. The van der Waals surface area contributed by atoms with E-state index in [0.717, 1.165) is 6.42 Å². The van der Waals surface area contributed by atoms with Crippen LogP contribution in [0.5, 0.6) is 0 Å². The number of hydrogen-bond acceptors (Lipinski definition) is 3. The second kappa shape index (κ2) is 5.92. The first-order chi connectivity index (χ1) is 12.6. The fourth-order valence-corrected chi connectivity index (χ4v) is 3.89. The molecule has 158 valence electrons. The summed E-state index contributed by atoms with van der Waals surface area (Å²) in [5.41, 5.74) is -2.79. The number of hydrogen-bond donors (Lipinski definition) is 2. The van der Waals surface area contributed by atoms with Crippen molar-refractivity contribution in [1.82, 2.24) is 10.3 Å². The average Bonchev–Trinajstić information content (AvgIpc) is 2.57. The van der Waals surface area contributed by atoms with Gasteiger partial charge in [-0.2, -0.15) is 13.2 Å². The van der Waals surface area contributed by atoms with Crippen LogP contribution in [-0.2, 0) is 6.18 Å². The van der Waals surface area contributed by atoms with E-state index < -0.39 is 44.7 Å². The molecule has 2 aromatic rings. The van der Waals surface area contributed by atoms with Gasteiger partial charge in [-0.3, -0.25) is 0 Å². The summed E-state index contributed by atoms with van der Waals surface area (Å²) in [6, 6.07) is 0.551. The number of halogens is 8. The second-order valence-electron chi connectivity index (χ2n) is 6.74. The standard InChI is InChI=1S/C16H16F8N2OS/c17-16(18,19)14-8-11(15(27)12-3-1-2-6-25-12)10-5-4-9(7-13(10)26-14)28(20,21,22,23)24/h4-5,7-8,12,15,25,27H,1-3,6H2/t12-,15+/m0/s1. The van der Waals surface area contributed by atoms with Crippen LogP contribution in [0, 0.1) is 0 Å². The Balaban J connectivity index is 2.22. The molecule has 2 N–H and O–H groups in total. The smallest absolute Gasteiger partial charge is 0.387 e. The average molecular weight is 436 g/mol. The molecule has 2 heterocycles. The van der Waals surface area contributed by atoms with Crippen molar-refractivity contribution in [2.75, 3.05) is 6.54 Å². The van der Waals surface area contributed by atoms with Gasteiger partial charge in [0, 0.05) is 11.4 Å². The topological polar surface area (TPSA) is 45.2 Å². The van der Waals surface area contributed by atoms with Crippen LogP contribution in [0.25, 0.3) is 10.9 Å². The molecule has 0 aliphatic carbocycles. The van der Waals surface area contributed by atoms with E-state index in [2.05, 4.69) is 10.3 Å². The first-order valence-electron chi connectivity index (χ1n) is 8.24. The number of nitrogens with one attached hydrogen (secondary N) is 1. The number of aliphatic hydroxyl groups is 1. The molecule has 0 unspecified atom stereocenters. The fourth-order valence-electron chi connectivity index (χ4n) is 3.23. The summed E-state index contributed by atoms with van der Waals surface area (Å²) in [4.78, 5) is 0.763. The number of aliphatic hydroxyl groups excluding tert-OH is 1. The Morgan fingerprint density at radius 1 is 1.07 bits per heavy atom. The molecule has 0 saturated carbocycles. The molecule has 3 nitrogen and oxygen atoms in total. The first kappa shape index (κ1) is 21.1. The van der Waals surface area contributed by atoms with Crippen molar-refractivity contribution in [3.63, 3.8) is 0 Å². The van der Waals surface area contributed by atoms with Gasteiger partial charge in [0.2, 0.25) is 0 Å². The molecular weight excluding hydrogens is 420 g/mol. The third-order valence-electron chi connectivity index (χ3n) is 4.60. The molecule has 0 amide bonds. The van der Waals surface area contributed by atoms with E-state index in [0.29, 0.717) is 31.5 Å². The zero-order chi connectivity index (χ0) is 21.0. The highest BCUT2D eigenvalue weighted by atomic mass is 32.5. The van der Waals surface area contributed by atoms with Gasteiger partial charge in [0.25, 0.3) is 0 Å². The summed E-state index contributed by atoms with van der Waals surface area (Å²) < 4.78 is 105. The predicted molar refractivity (Wildman–Crippen MR) is 88.7 cm³/mol. The summed E-state index contributed by atoms with van der Waals surface area (Å²) in [6.07, 6.45) is -4.55. The molecule has 1 aromatic carbocycles. The zero-order valence-electron chi connectivity index (χ0n) is 14.1. The first-order valence-corrected chi connectivity index (χ1v) is 10.2. The van der Waals surface area contributed by atoms with Gasteiger partial charge in [-0.1, -0.05) is 31.9 Å². The molecule has 1 aliphatic rings. The summed E-state index contributed by atoms with van der Waals surface area (Å²) in [7, 11) is -10.1. The third kappa shape index (κ3) is 4.33. The lowest BCUT2D eigenvalue weighted by molar-refractivity contribution is -0.141. The third-order valence-corrected chi connectivity index (χ3v) is 5.74. The van der Waals surface area contributed by atoms with Gasteiger partial charge in [0.1, 0.15) is 10.6 Å². The minimum absolute atomic E-state index is 0.101. The van der Waals surface area contributed by atoms with Crippen molar-refractivity contribution in [3.05, 3.63) is 35.5 Å². The van der Waals surface area contributed by atoms with Crippen molar-refractivity contribution in [3.8, 4) is 0 Å². The minimum Gasteiger partial charge on any atom is -0.387 e. The van der Waals surface area contributed by atoms with Crippen LogP contribution in [0.1, 0.15) is 36.6 Å². The van der Waals surface area contributed by atoms with E-state index in [9.17, 15) is 37.7 Å². The van der Waals surface area contributed by atoms with E-state index >= 15 is 0 Å². The van der Waals surface area contributed by atoms with Crippen LogP contribution >= 0.6 is 10.2 Å². The van der Waals surface area contributed by atoms with Crippen molar-refractivity contribution in [2.45, 2.75) is 42.5 Å². The lowest BCUT2D eigenvalue weighted by Crippen LogP contribution is -2.39. The van der Waals surface area contributed by atoms with E-state index in [4.69, 9.17) is 0 Å². The van der Waals surface area contributed by atoms with Gasteiger partial charge >= 0.3 is 16.4 Å². The number of rotatable bonds is 3. The van der Waals surface area contributed by atoms with Crippen LogP contribution < -0.4 is 5.32 Å². The Labute approximate surface area is 154 Å². The Kier molecular flexibility index (Phi) is 4.46. The molecule has 28 heavy (non-hydrogen) atoms. The molecule has 3 rings (SSSR count). The van der Waals surface area contributed by atoms with Crippen LogP contribution in [0.2, 0.25) is 0 Å². The van der Waals surface area contributed by atoms with Crippen LogP contribution in [0.15, 0.2) is 29.2 Å². The van der Waals surface area contributed by atoms with Crippen LogP contribution in [-0.4, -0.2) is 22.7 Å². The highest BCUT2D eigenvalue weighted by Crippen LogP contribution is 3.02. The van der Waals surface area contributed by atoms with Gasteiger partial charge in [0.15, 0.2) is 0 Å². The molecule has 1 aliphatic heterocycles. The van der Waals surface area contributed by atoms with Crippen molar-refractivity contribution in [2.24, 2.45) is 0 Å². The summed E-state index contributed by atoms with van der Waals surface area (Å²) in [6.45, 7) is 0.519. The summed E-state index contributed by atoms with van der Waals surface area (Å²) >= 11 is 0. The van der Waals surface area contributed by atoms with E-state index in [1.54, 1.807) is 0 Å². The molecule has 1 fully saturated rings. The second-order valence-corrected chi connectivity index (χ2v) is 9.15. The monoisotopic (exact) mass is 436 g/mol. The number of nitrogens with zero attached hydrogens (tertiary/aromatic N) is 1. The highest BCUT2D eigenvalue weighted by Gasteiger charge is 2.65. The van der Waals surface area contributed by atoms with Gasteiger partial charge in [0.05, 0.1) is 11.6 Å². The van der Waals surface area contributed by atoms with Gasteiger partial charge in [-0.15, -0.1) is 0 Å². The molecular formula is C16H16F8N2OS. The number of alkyl halides is 3. The molecule has 1 aromatic heterocycles. The van der Waals surface area contributed by atoms with Crippen molar-refractivity contribution < 1.29 is 37.7 Å². The zero-order valence-corrected chi connectivity index (χ0v) is 14.9. The molecule has 0 radical (unpaired) electrons. The molecule has 0 bridgehead atoms. The van der Waals surface area contributed by atoms with Gasteiger partial charge in [-0.25, -0.2) is 4.98 Å². The quantitative estimate of drug-likeness (QED) is 0.573. The normalized spacial score (nSPS) is 22.5. The number of pyridine rings is 1.